The number of rotatable bonds is 22. The minimum atomic E-state index is -1.83. The first-order valence-electron chi connectivity index (χ1n) is 28.0. The van der Waals surface area contributed by atoms with E-state index in [0.717, 1.165) is 51.9 Å². The quantitative estimate of drug-likeness (QED) is 0.0528. The van der Waals surface area contributed by atoms with Crippen molar-refractivity contribution >= 4 is 48.6 Å². The normalized spacial score (nSPS) is 20.5. The van der Waals surface area contributed by atoms with Crippen LogP contribution < -0.4 is 0 Å². The van der Waals surface area contributed by atoms with Crippen molar-refractivity contribution in [1.29, 1.82) is 0 Å². The predicted molar refractivity (Wildman–Crippen MR) is 336 cm³/mol. The molecule has 2 aliphatic rings. The van der Waals surface area contributed by atoms with Crippen molar-refractivity contribution in [3.63, 3.8) is 0 Å². The van der Waals surface area contributed by atoms with Gasteiger partial charge in [0.05, 0.1) is 42.7 Å². The number of aliphatic hydroxyl groups is 1. The number of carbonyl (C=O) groups excluding carboxylic acids is 2. The van der Waals surface area contributed by atoms with Gasteiger partial charge in [0.25, 0.3) is 0 Å². The lowest BCUT2D eigenvalue weighted by molar-refractivity contribution is -0.152. The number of hydrogen-bond donors (Lipinski definition) is 1. The van der Waals surface area contributed by atoms with Crippen molar-refractivity contribution in [3.05, 3.63) is 93.1 Å². The van der Waals surface area contributed by atoms with Crippen LogP contribution in [0.4, 0.5) is 0 Å². The molecule has 0 bridgehead atoms. The second-order valence-corrected chi connectivity index (χ2v) is 42.4. The number of aliphatic hydroxyl groups excluding tert-OH is 1. The fourth-order valence-electron chi connectivity index (χ4n) is 8.60. The molecule has 2 saturated heterocycles. The Morgan fingerprint density at radius 3 is 1.58 bits per heavy atom. The first kappa shape index (κ1) is 72.6. The average Bonchev–Trinajstić information content (AvgIpc) is 3.75. The van der Waals surface area contributed by atoms with Gasteiger partial charge in [0, 0.05) is 35.1 Å². The Balaban J connectivity index is 0.000000776. The first-order chi connectivity index (χ1) is 34.9. The summed E-state index contributed by atoms with van der Waals surface area (Å²) in [6.45, 7) is 48.4. The third-order valence-corrected chi connectivity index (χ3v) is 22.1. The van der Waals surface area contributed by atoms with E-state index in [1.54, 1.807) is 0 Å². The third-order valence-electron chi connectivity index (χ3n) is 14.2. The third kappa shape index (κ3) is 24.7. The molecule has 0 saturated carbocycles. The molecule has 13 heteroatoms. The van der Waals surface area contributed by atoms with E-state index in [1.165, 1.54) is 0 Å². The maximum absolute atomic E-state index is 13.1. The van der Waals surface area contributed by atoms with Crippen LogP contribution in [0.5, 0.6) is 0 Å². The largest absolute Gasteiger partial charge is 0.462 e. The monoisotopic (exact) mass is 1130 g/mol. The Hall–Kier alpha value is -3.43. The van der Waals surface area contributed by atoms with Crippen molar-refractivity contribution in [2.24, 2.45) is 11.8 Å². The molecule has 7 atom stereocenters. The lowest BCUT2D eigenvalue weighted by Gasteiger charge is -2.36. The Labute approximate surface area is 479 Å². The first-order valence-corrected chi connectivity index (χ1v) is 38.3. The fourth-order valence-corrected chi connectivity index (χ4v) is 11.1. The summed E-state index contributed by atoms with van der Waals surface area (Å²) >= 11 is 0. The van der Waals surface area contributed by atoms with Crippen molar-refractivity contribution < 1.29 is 47.5 Å². The molecule has 10 nitrogen and oxygen atoms in total. The number of ether oxygens (including phenoxy) is 6. The maximum Gasteiger partial charge on any atom is 0.338 e. The molecule has 442 valence electrons. The Bertz CT molecular complexity index is 2370. The van der Waals surface area contributed by atoms with E-state index in [2.05, 4.69) is 112 Å². The molecule has 2 heterocycles. The molecule has 0 aromatic heterocycles. The molecule has 1 N–H and O–H groups in total. The van der Waals surface area contributed by atoms with E-state index >= 15 is 0 Å². The molecule has 2 aromatic rings. The summed E-state index contributed by atoms with van der Waals surface area (Å²) in [5, 5.41) is 11.3. The second-order valence-electron chi connectivity index (χ2n) is 26.4. The molecule has 0 spiro atoms. The van der Waals surface area contributed by atoms with Crippen LogP contribution in [0.3, 0.4) is 0 Å². The zero-order valence-electron chi connectivity index (χ0n) is 51.3. The highest BCUT2D eigenvalue weighted by atomic mass is 28.4. The highest BCUT2D eigenvalue weighted by molar-refractivity contribution is 6.76. The number of carbonyl (C=O) groups is 2. The summed E-state index contributed by atoms with van der Waals surface area (Å²) in [6, 6.07) is 10.0. The molecular weight excluding hydrogens is 1020 g/mol. The predicted octanol–water partition coefficient (Wildman–Crippen LogP) is 16.7. The Morgan fingerprint density at radius 1 is 0.692 bits per heavy atom. The van der Waals surface area contributed by atoms with Crippen LogP contribution in [-0.2, 0) is 32.8 Å². The van der Waals surface area contributed by atoms with E-state index < -0.39 is 48.2 Å². The summed E-state index contributed by atoms with van der Waals surface area (Å²) in [6.07, 6.45) is 13.0. The molecule has 4 rings (SSSR count). The molecule has 2 fully saturated rings. The van der Waals surface area contributed by atoms with Gasteiger partial charge < -0.3 is 38.0 Å². The van der Waals surface area contributed by atoms with E-state index in [-0.39, 0.29) is 56.1 Å². The topological polar surface area (TPSA) is 119 Å². The van der Waals surface area contributed by atoms with Gasteiger partial charge in [-0.15, -0.1) is 11.8 Å². The van der Waals surface area contributed by atoms with Gasteiger partial charge in [-0.1, -0.05) is 168 Å². The number of hydrogen-bond acceptors (Lipinski definition) is 10. The van der Waals surface area contributed by atoms with Gasteiger partial charge in [-0.2, -0.15) is 0 Å². The van der Waals surface area contributed by atoms with Crippen LogP contribution >= 0.6 is 0 Å². The van der Waals surface area contributed by atoms with Crippen LogP contribution in [-0.4, -0.2) is 103 Å². The molecule has 2 aromatic carbocycles. The van der Waals surface area contributed by atoms with Gasteiger partial charge in [-0.25, -0.2) is 9.59 Å². The Kier molecular flexibility index (Phi) is 29.0. The number of aryl methyl sites for hydroxylation is 4. The summed E-state index contributed by atoms with van der Waals surface area (Å²) in [4.78, 5) is 26.0. The smallest absolute Gasteiger partial charge is 0.338 e. The molecular formula is C65H110O10Si3. The Morgan fingerprint density at radius 2 is 1.13 bits per heavy atom. The van der Waals surface area contributed by atoms with Crippen molar-refractivity contribution in [2.75, 3.05) is 19.8 Å². The van der Waals surface area contributed by atoms with Crippen LogP contribution in [0.25, 0.3) is 12.2 Å². The zero-order chi connectivity index (χ0) is 57.6. The highest BCUT2D eigenvalue weighted by Crippen LogP contribution is 2.38. The standard InChI is InChI=1S/C34H58O6Si2.C29H44O4Si.2CH4/c1-24(23-38-42(12,13)33(4,5)6)17-18-28(35)31-29(39-34(7,8)40-31)16-14-15-27-22-25(2)21-26(3)30(27)32(36)37-19-20-41(9,10)11;1-10-21(2)13-11-15-25-26(33-29(5,6)32-25)16-12-14-24-20-22(3)19-23(4)27(24)28(30)31-17-18-34(7,8)9;;/h14-15,17-18,21-22,24,28-29,31,35H,16,19-20,23H2,1-13H3;12,14,19-21,25-26H,10,15-18H2,1-9H3;2*1H4/b15-14+,18-17-;14-12+;;/t24-,28?,29+,31?;21?,25?,26-;;/m10../s1. The van der Waals surface area contributed by atoms with E-state index in [0.29, 0.717) is 56.1 Å². The summed E-state index contributed by atoms with van der Waals surface area (Å²) in [5.74, 6) is 5.19. The average molecular weight is 1140 g/mol. The van der Waals surface area contributed by atoms with Crippen molar-refractivity contribution in [1.82, 2.24) is 0 Å². The minimum absolute atomic E-state index is 0. The van der Waals surface area contributed by atoms with Gasteiger partial charge in [0.15, 0.2) is 19.9 Å². The van der Waals surface area contributed by atoms with Gasteiger partial charge in [0.2, 0.25) is 0 Å². The molecule has 2 aliphatic heterocycles. The van der Waals surface area contributed by atoms with E-state index in [1.807, 2.05) is 110 Å². The molecule has 4 unspecified atom stereocenters. The molecule has 78 heavy (non-hydrogen) atoms. The molecule has 0 radical (unpaired) electrons. The molecule has 0 aliphatic carbocycles. The van der Waals surface area contributed by atoms with Crippen LogP contribution in [0.2, 0.25) is 69.5 Å². The van der Waals surface area contributed by atoms with Gasteiger partial charge >= 0.3 is 11.9 Å². The minimum Gasteiger partial charge on any atom is -0.462 e. The lowest BCUT2D eigenvalue weighted by Crippen LogP contribution is -2.41. The van der Waals surface area contributed by atoms with Gasteiger partial charge in [0.1, 0.15) is 12.2 Å². The summed E-state index contributed by atoms with van der Waals surface area (Å²) in [5.41, 5.74) is 7.02. The maximum atomic E-state index is 13.1. The van der Waals surface area contributed by atoms with E-state index in [9.17, 15) is 14.7 Å². The number of benzene rings is 2. The van der Waals surface area contributed by atoms with Crippen LogP contribution in [0, 0.1) is 51.4 Å². The van der Waals surface area contributed by atoms with Crippen molar-refractivity contribution in [3.8, 4) is 11.8 Å². The van der Waals surface area contributed by atoms with E-state index in [4.69, 9.17) is 32.8 Å². The lowest BCUT2D eigenvalue weighted by atomic mass is 9.97. The fraction of sp³-hybridized carbons (Fsp3) is 0.662. The zero-order valence-corrected chi connectivity index (χ0v) is 54.3. The van der Waals surface area contributed by atoms with Gasteiger partial charge in [-0.3, -0.25) is 0 Å². The van der Waals surface area contributed by atoms with Crippen LogP contribution in [0.1, 0.15) is 164 Å². The summed E-state index contributed by atoms with van der Waals surface area (Å²) in [7, 11) is -4.40. The highest BCUT2D eigenvalue weighted by Gasteiger charge is 2.44. The summed E-state index contributed by atoms with van der Waals surface area (Å²) < 4.78 is 42.3. The van der Waals surface area contributed by atoms with Gasteiger partial charge in [-0.05, 0) is 133 Å². The van der Waals surface area contributed by atoms with Crippen LogP contribution in [0.15, 0.2) is 48.6 Å². The SMILES string of the molecule is C.C.CCC(C)C#CCC1OC(C)(C)O[C@H]1C/C=C/c1cc(C)cc(C)c1C(=O)OCC[Si](C)(C)C.Cc1cc(C)c(C(=O)OCC[Si](C)(C)C)c(/C=C/C[C@@H]2OC(C)(C)OC2C(O)/C=C\[C@@H](C)CO[Si](C)(C)C(C)(C)C)c1. The number of esters is 2. The molecule has 0 amide bonds. The second kappa shape index (κ2) is 31.1. The van der Waals surface area contributed by atoms with Crippen molar-refractivity contribution in [2.45, 2.75) is 249 Å².